The largest absolute Gasteiger partial charge is 0.399 e. The minimum absolute atomic E-state index is 0.0501. The summed E-state index contributed by atoms with van der Waals surface area (Å²) >= 11 is 3.47. The van der Waals surface area contributed by atoms with Crippen LogP contribution in [0.5, 0.6) is 0 Å². The van der Waals surface area contributed by atoms with Crippen LogP contribution in [0.25, 0.3) is 22.3 Å². The first-order valence-electron chi connectivity index (χ1n) is 21.5. The summed E-state index contributed by atoms with van der Waals surface area (Å²) in [6.45, 7) is 9.19. The van der Waals surface area contributed by atoms with Crippen LogP contribution in [0.4, 0.5) is 17.1 Å². The van der Waals surface area contributed by atoms with Crippen molar-refractivity contribution in [2.75, 3.05) is 11.1 Å². The van der Waals surface area contributed by atoms with Crippen LogP contribution in [0.15, 0.2) is 138 Å². The van der Waals surface area contributed by atoms with Gasteiger partial charge in [0.2, 0.25) is 0 Å². The molecule has 0 heterocycles. The number of fused-ring (bicyclic) bond motifs is 6. The van der Waals surface area contributed by atoms with E-state index in [1.165, 1.54) is 136 Å². The Hall–Kier alpha value is -4.60. The summed E-state index contributed by atoms with van der Waals surface area (Å²) in [5.74, 6) is 1.60. The standard InChI is InChI=1S/C27H29N.C15H15N.C12H15Br/c1-27(2)25-11-7-6-10-23(25)24-17-16-22(18-26(24)27)28-21-14-12-20(13-15-21)19-8-4-3-5-9-19;1-15(2)13-6-4-3-5-11(13)12-8-7-10(16)9-14(12)15;13-12-8-6-11(7-9-12)10-4-2-1-3-5-10/h6-7,10-19,28H,3-5,8-9H2,1-2H3;3-9H,16H2,1-2H3;6-10H,1-5H2. The average molecular weight is 816 g/mol. The molecule has 3 N–H and O–H groups in total. The van der Waals surface area contributed by atoms with E-state index < -0.39 is 0 Å². The van der Waals surface area contributed by atoms with E-state index in [1.807, 2.05) is 6.07 Å². The summed E-state index contributed by atoms with van der Waals surface area (Å²) in [5.41, 5.74) is 23.3. The van der Waals surface area contributed by atoms with E-state index in [4.69, 9.17) is 5.73 Å². The summed E-state index contributed by atoms with van der Waals surface area (Å²) in [7, 11) is 0. The lowest BCUT2D eigenvalue weighted by atomic mass is 9.82. The maximum Gasteiger partial charge on any atom is 0.0387 e. The molecule has 0 radical (unpaired) electrons. The summed E-state index contributed by atoms with van der Waals surface area (Å²) in [5, 5.41) is 3.63. The fraction of sp³-hybridized carbons (Fsp3) is 0.333. The average Bonchev–Trinajstić information content (AvgIpc) is 3.61. The van der Waals surface area contributed by atoms with Crippen LogP contribution in [0.1, 0.15) is 137 Å². The van der Waals surface area contributed by atoms with E-state index in [1.54, 1.807) is 0 Å². The first kappa shape index (κ1) is 39.2. The fourth-order valence-corrected chi connectivity index (χ4v) is 10.4. The number of hydrogen-bond acceptors (Lipinski definition) is 2. The second kappa shape index (κ2) is 16.7. The number of nitrogens with two attached hydrogens (primary N) is 1. The molecule has 0 unspecified atom stereocenters. The predicted molar refractivity (Wildman–Crippen MR) is 248 cm³/mol. The number of anilines is 3. The van der Waals surface area contributed by atoms with Crippen LogP contribution in [-0.2, 0) is 10.8 Å². The van der Waals surface area contributed by atoms with Gasteiger partial charge in [-0.2, -0.15) is 0 Å². The molecule has 2 saturated carbocycles. The number of nitrogen functional groups attached to an aromatic ring is 1. The normalized spacial score (nSPS) is 17.4. The van der Waals surface area contributed by atoms with Gasteiger partial charge in [0.05, 0.1) is 0 Å². The van der Waals surface area contributed by atoms with Gasteiger partial charge in [-0.15, -0.1) is 0 Å². The minimum atomic E-state index is 0.0501. The van der Waals surface area contributed by atoms with Crippen LogP contribution in [-0.4, -0.2) is 0 Å². The minimum Gasteiger partial charge on any atom is -0.399 e. The number of rotatable bonds is 4. The van der Waals surface area contributed by atoms with Gasteiger partial charge in [-0.25, -0.2) is 0 Å². The van der Waals surface area contributed by atoms with Crippen molar-refractivity contribution in [3.05, 3.63) is 171 Å². The Kier molecular flexibility index (Phi) is 11.5. The molecular formula is C54H59BrN2. The van der Waals surface area contributed by atoms with Gasteiger partial charge in [-0.1, -0.05) is 167 Å². The van der Waals surface area contributed by atoms with Gasteiger partial charge in [0.1, 0.15) is 0 Å². The molecule has 0 atom stereocenters. The third-order valence-electron chi connectivity index (χ3n) is 13.4. The zero-order valence-electron chi connectivity index (χ0n) is 34.4. The Balaban J connectivity index is 0.000000132. The second-order valence-electron chi connectivity index (χ2n) is 17.9. The summed E-state index contributed by atoms with van der Waals surface area (Å²) in [4.78, 5) is 0. The highest BCUT2D eigenvalue weighted by atomic mass is 79.9. The lowest BCUT2D eigenvalue weighted by Gasteiger charge is -2.23. The maximum atomic E-state index is 5.89. The lowest BCUT2D eigenvalue weighted by molar-refractivity contribution is 0.443. The number of hydrogen-bond donors (Lipinski definition) is 2. The number of halogens is 1. The Bertz CT molecular complexity index is 2300. The van der Waals surface area contributed by atoms with Crippen LogP contribution in [0.3, 0.4) is 0 Å². The smallest absolute Gasteiger partial charge is 0.0387 e. The molecule has 0 amide bonds. The first-order chi connectivity index (χ1) is 27.6. The van der Waals surface area contributed by atoms with Crippen molar-refractivity contribution in [3.8, 4) is 22.3 Å². The third kappa shape index (κ3) is 8.24. The third-order valence-corrected chi connectivity index (χ3v) is 13.9. The molecule has 4 aliphatic carbocycles. The van der Waals surface area contributed by atoms with Crippen molar-refractivity contribution in [1.29, 1.82) is 0 Å². The van der Waals surface area contributed by atoms with E-state index in [2.05, 4.69) is 176 Å². The zero-order valence-corrected chi connectivity index (χ0v) is 36.0. The van der Waals surface area contributed by atoms with Crippen LogP contribution in [0.2, 0.25) is 0 Å². The summed E-state index contributed by atoms with van der Waals surface area (Å²) in [6, 6.07) is 48.5. The molecule has 0 aromatic heterocycles. The van der Waals surface area contributed by atoms with Gasteiger partial charge in [0.15, 0.2) is 0 Å². The monoisotopic (exact) mass is 814 g/mol. The molecule has 3 heteroatoms. The molecule has 0 spiro atoms. The van der Waals surface area contributed by atoms with Crippen molar-refractivity contribution in [2.24, 2.45) is 0 Å². The van der Waals surface area contributed by atoms with E-state index in [9.17, 15) is 0 Å². The topological polar surface area (TPSA) is 38.0 Å². The quantitative estimate of drug-likeness (QED) is 0.174. The van der Waals surface area contributed by atoms with Crippen molar-refractivity contribution >= 4 is 33.0 Å². The lowest BCUT2D eigenvalue weighted by Crippen LogP contribution is -2.15. The molecular weight excluding hydrogens is 757 g/mol. The van der Waals surface area contributed by atoms with E-state index in [0.717, 1.165) is 17.5 Å². The Morgan fingerprint density at radius 1 is 0.456 bits per heavy atom. The zero-order chi connectivity index (χ0) is 39.6. The maximum absolute atomic E-state index is 5.89. The van der Waals surface area contributed by atoms with Gasteiger partial charge in [-0.05, 0) is 142 Å². The second-order valence-corrected chi connectivity index (χ2v) is 18.8. The van der Waals surface area contributed by atoms with Gasteiger partial charge >= 0.3 is 0 Å². The Morgan fingerprint density at radius 2 is 0.877 bits per heavy atom. The molecule has 6 aromatic rings. The molecule has 4 aliphatic rings. The highest BCUT2D eigenvalue weighted by Gasteiger charge is 2.36. The first-order valence-corrected chi connectivity index (χ1v) is 22.3. The molecule has 2 fully saturated rings. The number of nitrogens with one attached hydrogen (secondary N) is 1. The van der Waals surface area contributed by atoms with Gasteiger partial charge in [-0.3, -0.25) is 0 Å². The van der Waals surface area contributed by atoms with Crippen LogP contribution in [0, 0.1) is 0 Å². The summed E-state index contributed by atoms with van der Waals surface area (Å²) in [6.07, 6.45) is 13.9. The van der Waals surface area contributed by atoms with Gasteiger partial charge in [0, 0.05) is 32.4 Å². The van der Waals surface area contributed by atoms with Crippen LogP contribution < -0.4 is 11.1 Å². The SMILES string of the molecule is Brc1ccc(C2CCCCC2)cc1.CC1(C)c2ccccc2-c2ccc(N)cc21.CC1(C)c2ccccc2-c2ccc(Nc3ccc(C4CCCCC4)cc3)cc21. The molecule has 6 aromatic carbocycles. The molecule has 0 saturated heterocycles. The van der Waals surface area contributed by atoms with Crippen LogP contribution >= 0.6 is 15.9 Å². The Morgan fingerprint density at radius 3 is 1.40 bits per heavy atom. The highest BCUT2D eigenvalue weighted by molar-refractivity contribution is 9.10. The molecule has 292 valence electrons. The molecule has 0 aliphatic heterocycles. The van der Waals surface area contributed by atoms with Gasteiger partial charge in [0.25, 0.3) is 0 Å². The Labute approximate surface area is 350 Å². The van der Waals surface area contributed by atoms with Gasteiger partial charge < -0.3 is 11.1 Å². The van der Waals surface area contributed by atoms with E-state index >= 15 is 0 Å². The molecule has 10 rings (SSSR count). The van der Waals surface area contributed by atoms with Crippen molar-refractivity contribution < 1.29 is 0 Å². The van der Waals surface area contributed by atoms with E-state index in [-0.39, 0.29) is 10.8 Å². The molecule has 57 heavy (non-hydrogen) atoms. The van der Waals surface area contributed by atoms with Crippen molar-refractivity contribution in [1.82, 2.24) is 0 Å². The fourth-order valence-electron chi connectivity index (χ4n) is 10.1. The van der Waals surface area contributed by atoms with Crippen molar-refractivity contribution in [2.45, 2.75) is 115 Å². The van der Waals surface area contributed by atoms with E-state index in [0.29, 0.717) is 0 Å². The molecule has 2 nitrogen and oxygen atoms in total. The highest BCUT2D eigenvalue weighted by Crippen LogP contribution is 2.50. The predicted octanol–water partition coefficient (Wildman–Crippen LogP) is 15.9. The summed E-state index contributed by atoms with van der Waals surface area (Å²) < 4.78 is 1.19. The number of benzene rings is 6. The molecule has 0 bridgehead atoms. The van der Waals surface area contributed by atoms with Crippen molar-refractivity contribution in [3.63, 3.8) is 0 Å².